The zero-order valence-corrected chi connectivity index (χ0v) is 7.48. The normalized spacial score (nSPS) is 25.9. The van der Waals surface area contributed by atoms with Crippen molar-refractivity contribution in [1.29, 1.82) is 0 Å². The summed E-state index contributed by atoms with van der Waals surface area (Å²) in [7, 11) is 2.18. The minimum Gasteiger partial charge on any atom is -0.333 e. The van der Waals surface area contributed by atoms with E-state index in [0.29, 0.717) is 6.04 Å². The first-order valence-corrected chi connectivity index (χ1v) is 4.52. The standard InChI is InChI=1S/C9H15N3/c1-11-5-2-3-9(7-11)12-6-4-10-8-12/h4,6,8-9H,2-3,5,7H2,1H3. The van der Waals surface area contributed by atoms with Gasteiger partial charge in [-0.15, -0.1) is 0 Å². The maximum atomic E-state index is 4.07. The van der Waals surface area contributed by atoms with Crippen LogP contribution >= 0.6 is 0 Å². The van der Waals surface area contributed by atoms with E-state index in [1.807, 2.05) is 12.5 Å². The Balaban J connectivity index is 2.04. The van der Waals surface area contributed by atoms with Crippen LogP contribution in [-0.4, -0.2) is 34.6 Å². The van der Waals surface area contributed by atoms with Gasteiger partial charge in [-0.1, -0.05) is 0 Å². The number of likely N-dealkylation sites (tertiary alicyclic amines) is 1. The van der Waals surface area contributed by atoms with E-state index >= 15 is 0 Å². The fourth-order valence-corrected chi connectivity index (χ4v) is 1.87. The highest BCUT2D eigenvalue weighted by Crippen LogP contribution is 2.19. The Hall–Kier alpha value is -0.830. The van der Waals surface area contributed by atoms with Crippen LogP contribution in [0.5, 0.6) is 0 Å². The van der Waals surface area contributed by atoms with Gasteiger partial charge >= 0.3 is 0 Å². The molecule has 0 radical (unpaired) electrons. The molecule has 1 atom stereocenters. The molecule has 0 spiro atoms. The molecule has 66 valence electrons. The second kappa shape index (κ2) is 3.27. The molecule has 1 aliphatic rings. The van der Waals surface area contributed by atoms with Crippen LogP contribution in [0.4, 0.5) is 0 Å². The molecular weight excluding hydrogens is 150 g/mol. The summed E-state index contributed by atoms with van der Waals surface area (Å²) in [5.41, 5.74) is 0. The molecule has 0 N–H and O–H groups in total. The fraction of sp³-hybridized carbons (Fsp3) is 0.667. The van der Waals surface area contributed by atoms with Gasteiger partial charge in [-0.25, -0.2) is 4.98 Å². The van der Waals surface area contributed by atoms with Crippen molar-refractivity contribution in [2.24, 2.45) is 0 Å². The molecule has 2 heterocycles. The van der Waals surface area contributed by atoms with E-state index in [1.165, 1.54) is 19.4 Å². The number of aromatic nitrogens is 2. The summed E-state index contributed by atoms with van der Waals surface area (Å²) in [6.45, 7) is 2.40. The van der Waals surface area contributed by atoms with Gasteiger partial charge in [-0.3, -0.25) is 0 Å². The lowest BCUT2D eigenvalue weighted by molar-refractivity contribution is 0.212. The smallest absolute Gasteiger partial charge is 0.0948 e. The van der Waals surface area contributed by atoms with E-state index in [9.17, 15) is 0 Å². The van der Waals surface area contributed by atoms with Gasteiger partial charge in [0.05, 0.1) is 6.33 Å². The van der Waals surface area contributed by atoms with Crippen molar-refractivity contribution < 1.29 is 0 Å². The SMILES string of the molecule is CN1CCCC(n2ccnc2)C1. The third-order valence-corrected chi connectivity index (χ3v) is 2.55. The van der Waals surface area contributed by atoms with Crippen molar-refractivity contribution in [2.45, 2.75) is 18.9 Å². The summed E-state index contributed by atoms with van der Waals surface area (Å²) >= 11 is 0. The number of likely N-dealkylation sites (N-methyl/N-ethyl adjacent to an activating group) is 1. The first-order chi connectivity index (χ1) is 5.86. The third-order valence-electron chi connectivity index (χ3n) is 2.55. The maximum absolute atomic E-state index is 4.07. The van der Waals surface area contributed by atoms with Gasteiger partial charge in [0.1, 0.15) is 0 Å². The van der Waals surface area contributed by atoms with Gasteiger partial charge in [0, 0.05) is 25.0 Å². The predicted molar refractivity (Wildman–Crippen MR) is 48.0 cm³/mol. The molecule has 2 rings (SSSR count). The van der Waals surface area contributed by atoms with Crippen molar-refractivity contribution in [3.63, 3.8) is 0 Å². The molecule has 0 aromatic carbocycles. The molecule has 1 unspecified atom stereocenters. The van der Waals surface area contributed by atoms with Crippen molar-refractivity contribution in [3.05, 3.63) is 18.7 Å². The average Bonchev–Trinajstić information content (AvgIpc) is 2.56. The molecule has 0 amide bonds. The molecule has 1 saturated heterocycles. The third kappa shape index (κ3) is 1.50. The molecular formula is C9H15N3. The van der Waals surface area contributed by atoms with Gasteiger partial charge in [-0.2, -0.15) is 0 Å². The lowest BCUT2D eigenvalue weighted by atomic mass is 10.1. The van der Waals surface area contributed by atoms with Crippen molar-refractivity contribution in [1.82, 2.24) is 14.5 Å². The molecule has 1 fully saturated rings. The minimum absolute atomic E-state index is 0.645. The Labute approximate surface area is 73.0 Å². The zero-order valence-electron chi connectivity index (χ0n) is 7.48. The summed E-state index contributed by atoms with van der Waals surface area (Å²) in [5, 5.41) is 0. The summed E-state index contributed by atoms with van der Waals surface area (Å²) in [4.78, 5) is 6.45. The molecule has 0 bridgehead atoms. The largest absolute Gasteiger partial charge is 0.333 e. The molecule has 0 aliphatic carbocycles. The maximum Gasteiger partial charge on any atom is 0.0948 e. The fourth-order valence-electron chi connectivity index (χ4n) is 1.87. The van der Waals surface area contributed by atoms with E-state index < -0.39 is 0 Å². The Bertz CT molecular complexity index is 230. The van der Waals surface area contributed by atoms with Crippen LogP contribution < -0.4 is 0 Å². The molecule has 12 heavy (non-hydrogen) atoms. The van der Waals surface area contributed by atoms with Crippen LogP contribution in [0.2, 0.25) is 0 Å². The van der Waals surface area contributed by atoms with E-state index in [1.54, 1.807) is 0 Å². The van der Waals surface area contributed by atoms with E-state index in [2.05, 4.69) is 27.7 Å². The monoisotopic (exact) mass is 165 g/mol. The van der Waals surface area contributed by atoms with E-state index in [4.69, 9.17) is 0 Å². The van der Waals surface area contributed by atoms with Crippen molar-refractivity contribution >= 4 is 0 Å². The lowest BCUT2D eigenvalue weighted by Crippen LogP contribution is -2.33. The molecule has 1 aliphatic heterocycles. The topological polar surface area (TPSA) is 21.1 Å². The van der Waals surface area contributed by atoms with Crippen LogP contribution in [-0.2, 0) is 0 Å². The number of hydrogen-bond donors (Lipinski definition) is 0. The van der Waals surface area contributed by atoms with Crippen LogP contribution in [0.1, 0.15) is 18.9 Å². The second-order valence-electron chi connectivity index (χ2n) is 3.57. The minimum atomic E-state index is 0.645. The summed E-state index contributed by atoms with van der Waals surface area (Å²) < 4.78 is 2.22. The second-order valence-corrected chi connectivity index (χ2v) is 3.57. The number of hydrogen-bond acceptors (Lipinski definition) is 2. The lowest BCUT2D eigenvalue weighted by Gasteiger charge is -2.30. The molecule has 1 aromatic heterocycles. The van der Waals surface area contributed by atoms with E-state index in [-0.39, 0.29) is 0 Å². The zero-order chi connectivity index (χ0) is 8.39. The van der Waals surface area contributed by atoms with Crippen molar-refractivity contribution in [3.8, 4) is 0 Å². The van der Waals surface area contributed by atoms with Crippen LogP contribution in [0.3, 0.4) is 0 Å². The first kappa shape index (κ1) is 7.80. The Morgan fingerprint density at radius 1 is 1.50 bits per heavy atom. The number of nitrogens with zero attached hydrogens (tertiary/aromatic N) is 3. The van der Waals surface area contributed by atoms with Crippen LogP contribution in [0.25, 0.3) is 0 Å². The van der Waals surface area contributed by atoms with E-state index in [0.717, 1.165) is 6.54 Å². The van der Waals surface area contributed by atoms with Gasteiger partial charge < -0.3 is 9.47 Å². The van der Waals surface area contributed by atoms with Crippen LogP contribution in [0.15, 0.2) is 18.7 Å². The molecule has 3 nitrogen and oxygen atoms in total. The average molecular weight is 165 g/mol. The summed E-state index contributed by atoms with van der Waals surface area (Å²) in [6, 6.07) is 0.645. The number of piperidine rings is 1. The summed E-state index contributed by atoms with van der Waals surface area (Å²) in [5.74, 6) is 0. The summed E-state index contributed by atoms with van der Waals surface area (Å²) in [6.07, 6.45) is 8.43. The first-order valence-electron chi connectivity index (χ1n) is 4.52. The number of rotatable bonds is 1. The van der Waals surface area contributed by atoms with Crippen molar-refractivity contribution in [2.75, 3.05) is 20.1 Å². The van der Waals surface area contributed by atoms with Crippen LogP contribution in [0, 0.1) is 0 Å². The van der Waals surface area contributed by atoms with Gasteiger partial charge in [0.25, 0.3) is 0 Å². The quantitative estimate of drug-likeness (QED) is 0.622. The Morgan fingerprint density at radius 3 is 3.08 bits per heavy atom. The highest BCUT2D eigenvalue weighted by Gasteiger charge is 2.17. The Kier molecular flexibility index (Phi) is 2.13. The number of imidazole rings is 1. The van der Waals surface area contributed by atoms with Gasteiger partial charge in [0.15, 0.2) is 0 Å². The van der Waals surface area contributed by atoms with Gasteiger partial charge in [0.2, 0.25) is 0 Å². The molecule has 3 heteroatoms. The highest BCUT2D eigenvalue weighted by atomic mass is 15.2. The Morgan fingerprint density at radius 2 is 2.42 bits per heavy atom. The van der Waals surface area contributed by atoms with Gasteiger partial charge in [-0.05, 0) is 26.4 Å². The molecule has 0 saturated carbocycles. The molecule has 1 aromatic rings. The highest BCUT2D eigenvalue weighted by molar-refractivity contribution is 4.83. The predicted octanol–water partition coefficient (Wildman–Crippen LogP) is 1.15.